The van der Waals surface area contributed by atoms with Gasteiger partial charge in [-0.2, -0.15) is 0 Å². The minimum atomic E-state index is -0.262. The van der Waals surface area contributed by atoms with Gasteiger partial charge < -0.3 is 10.7 Å². The monoisotopic (exact) mass is 291 g/mol. The van der Waals surface area contributed by atoms with Crippen LogP contribution in [0.2, 0.25) is 0 Å². The Bertz CT molecular complexity index is 570. The predicted octanol–water partition coefficient (Wildman–Crippen LogP) is 1.95. The first-order valence-electron chi connectivity index (χ1n) is 6.24. The molecule has 0 radical (unpaired) electrons. The first-order chi connectivity index (χ1) is 9.61. The number of aromatic nitrogens is 2. The van der Waals surface area contributed by atoms with Crippen LogP contribution in [0, 0.1) is 5.92 Å². The second-order valence-corrected chi connectivity index (χ2v) is 5.62. The molecule has 2 aromatic heterocycles. The predicted molar refractivity (Wildman–Crippen MR) is 79.2 cm³/mol. The summed E-state index contributed by atoms with van der Waals surface area (Å²) in [6.45, 7) is 4.13. The minimum absolute atomic E-state index is 0.0428. The molecule has 0 aliphatic carbocycles. The first kappa shape index (κ1) is 14.4. The number of nitrogens with zero attached hydrogens (tertiary/aromatic N) is 2. The number of amides is 1. The topological polar surface area (TPSA) is 92.9 Å². The number of nitrogens with two attached hydrogens (primary N) is 1. The van der Waals surface area contributed by atoms with E-state index < -0.39 is 0 Å². The van der Waals surface area contributed by atoms with Crippen molar-refractivity contribution in [2.75, 3.05) is 5.43 Å². The summed E-state index contributed by atoms with van der Waals surface area (Å²) in [5, 5.41) is 4.98. The van der Waals surface area contributed by atoms with Crippen LogP contribution in [0.25, 0.3) is 0 Å². The average Bonchev–Trinajstić information content (AvgIpc) is 2.98. The number of carbonyl (C=O) groups is 1. The van der Waals surface area contributed by atoms with Gasteiger partial charge in [0, 0.05) is 4.88 Å². The zero-order chi connectivity index (χ0) is 14.5. The van der Waals surface area contributed by atoms with Crippen LogP contribution in [-0.4, -0.2) is 15.9 Å². The third kappa shape index (κ3) is 3.31. The van der Waals surface area contributed by atoms with Gasteiger partial charge in [-0.05, 0) is 17.4 Å². The Labute approximate surface area is 121 Å². The molecule has 0 aliphatic heterocycles. The Kier molecular flexibility index (Phi) is 4.65. The maximum absolute atomic E-state index is 12.2. The van der Waals surface area contributed by atoms with E-state index in [4.69, 9.17) is 5.84 Å². The number of nitrogens with one attached hydrogen (secondary N) is 2. The van der Waals surface area contributed by atoms with E-state index in [1.54, 1.807) is 11.3 Å². The molecule has 0 spiro atoms. The van der Waals surface area contributed by atoms with Gasteiger partial charge in [0.2, 0.25) is 0 Å². The normalized spacial score (nSPS) is 12.2. The summed E-state index contributed by atoms with van der Waals surface area (Å²) >= 11 is 1.62. The second kappa shape index (κ2) is 6.44. The zero-order valence-electron chi connectivity index (χ0n) is 11.3. The van der Waals surface area contributed by atoms with Gasteiger partial charge in [0.05, 0.1) is 18.4 Å². The van der Waals surface area contributed by atoms with Crippen molar-refractivity contribution in [1.82, 2.24) is 15.3 Å². The molecule has 106 valence electrons. The fourth-order valence-electron chi connectivity index (χ4n) is 1.79. The number of thiophene rings is 1. The number of anilines is 1. The number of rotatable bonds is 5. The van der Waals surface area contributed by atoms with Crippen molar-refractivity contribution < 1.29 is 4.79 Å². The molecular formula is C13H17N5OS. The summed E-state index contributed by atoms with van der Waals surface area (Å²) in [7, 11) is 0. The highest BCUT2D eigenvalue weighted by Crippen LogP contribution is 2.26. The van der Waals surface area contributed by atoms with Crippen LogP contribution in [0.15, 0.2) is 29.9 Å². The summed E-state index contributed by atoms with van der Waals surface area (Å²) in [6.07, 6.45) is 2.87. The van der Waals surface area contributed by atoms with Crippen LogP contribution in [0.5, 0.6) is 0 Å². The molecule has 1 atom stereocenters. The van der Waals surface area contributed by atoms with E-state index in [-0.39, 0.29) is 23.6 Å². The van der Waals surface area contributed by atoms with Gasteiger partial charge in [-0.25, -0.2) is 10.8 Å². The Morgan fingerprint density at radius 2 is 2.20 bits per heavy atom. The van der Waals surface area contributed by atoms with E-state index in [0.717, 1.165) is 4.88 Å². The number of hydrazine groups is 1. The van der Waals surface area contributed by atoms with Crippen LogP contribution >= 0.6 is 11.3 Å². The molecule has 2 heterocycles. The van der Waals surface area contributed by atoms with Crippen molar-refractivity contribution in [2.45, 2.75) is 19.9 Å². The van der Waals surface area contributed by atoms with Gasteiger partial charge in [0.1, 0.15) is 5.69 Å². The van der Waals surface area contributed by atoms with Gasteiger partial charge in [-0.3, -0.25) is 9.78 Å². The molecule has 2 aromatic rings. The Balaban J connectivity index is 2.16. The molecule has 4 N–H and O–H groups in total. The quantitative estimate of drug-likeness (QED) is 0.578. The lowest BCUT2D eigenvalue weighted by Gasteiger charge is -2.21. The van der Waals surface area contributed by atoms with Crippen molar-refractivity contribution in [2.24, 2.45) is 11.8 Å². The van der Waals surface area contributed by atoms with Crippen LogP contribution in [0.3, 0.4) is 0 Å². The first-order valence-corrected chi connectivity index (χ1v) is 7.12. The highest BCUT2D eigenvalue weighted by molar-refractivity contribution is 7.10. The maximum Gasteiger partial charge on any atom is 0.272 e. The van der Waals surface area contributed by atoms with E-state index in [1.165, 1.54) is 12.4 Å². The molecule has 0 bridgehead atoms. The van der Waals surface area contributed by atoms with Crippen LogP contribution in [0.1, 0.15) is 35.3 Å². The van der Waals surface area contributed by atoms with E-state index in [1.807, 2.05) is 17.5 Å². The van der Waals surface area contributed by atoms with Gasteiger partial charge in [-0.15, -0.1) is 11.3 Å². The highest BCUT2D eigenvalue weighted by atomic mass is 32.1. The summed E-state index contributed by atoms with van der Waals surface area (Å²) < 4.78 is 0. The van der Waals surface area contributed by atoms with Crippen LogP contribution in [0.4, 0.5) is 5.82 Å². The molecule has 0 saturated carbocycles. The van der Waals surface area contributed by atoms with Crippen molar-refractivity contribution in [1.29, 1.82) is 0 Å². The lowest BCUT2D eigenvalue weighted by atomic mass is 10.0. The van der Waals surface area contributed by atoms with Crippen LogP contribution in [-0.2, 0) is 0 Å². The summed E-state index contributed by atoms with van der Waals surface area (Å²) in [4.78, 5) is 21.4. The van der Waals surface area contributed by atoms with E-state index in [0.29, 0.717) is 5.82 Å². The van der Waals surface area contributed by atoms with Gasteiger partial charge in [-0.1, -0.05) is 19.9 Å². The molecule has 0 aromatic carbocycles. The third-order valence-corrected chi connectivity index (χ3v) is 3.77. The van der Waals surface area contributed by atoms with E-state index in [2.05, 4.69) is 34.6 Å². The Morgan fingerprint density at radius 1 is 1.40 bits per heavy atom. The fraction of sp³-hybridized carbons (Fsp3) is 0.308. The summed E-state index contributed by atoms with van der Waals surface area (Å²) in [5.74, 6) is 5.64. The van der Waals surface area contributed by atoms with E-state index in [9.17, 15) is 4.79 Å². The third-order valence-electron chi connectivity index (χ3n) is 2.82. The van der Waals surface area contributed by atoms with Gasteiger partial charge in [0.15, 0.2) is 5.82 Å². The second-order valence-electron chi connectivity index (χ2n) is 4.64. The lowest BCUT2D eigenvalue weighted by Crippen LogP contribution is -2.32. The van der Waals surface area contributed by atoms with Crippen molar-refractivity contribution >= 4 is 23.1 Å². The molecule has 1 amide bonds. The maximum atomic E-state index is 12.2. The standard InChI is InChI=1S/C13H17N5OS/c1-8(2)12(10-4-3-5-20-10)17-13(19)9-6-15-7-11(16-9)18-14/h3-8,12H,14H2,1-2H3,(H,16,18)(H,17,19). The zero-order valence-corrected chi connectivity index (χ0v) is 12.1. The molecule has 0 fully saturated rings. The highest BCUT2D eigenvalue weighted by Gasteiger charge is 2.20. The molecular weight excluding hydrogens is 274 g/mol. The Morgan fingerprint density at radius 3 is 2.80 bits per heavy atom. The van der Waals surface area contributed by atoms with Gasteiger partial charge >= 0.3 is 0 Å². The summed E-state index contributed by atoms with van der Waals surface area (Å²) in [6, 6.07) is 3.94. The molecule has 2 rings (SSSR count). The smallest absolute Gasteiger partial charge is 0.272 e. The van der Waals surface area contributed by atoms with Crippen molar-refractivity contribution in [3.8, 4) is 0 Å². The SMILES string of the molecule is CC(C)C(NC(=O)c1cncc(NN)n1)c1cccs1. The number of hydrogen-bond donors (Lipinski definition) is 3. The number of nitrogen functional groups attached to an aromatic ring is 1. The molecule has 6 nitrogen and oxygen atoms in total. The van der Waals surface area contributed by atoms with Crippen molar-refractivity contribution in [3.05, 3.63) is 40.5 Å². The largest absolute Gasteiger partial charge is 0.343 e. The number of hydrogen-bond acceptors (Lipinski definition) is 6. The molecule has 7 heteroatoms. The van der Waals surface area contributed by atoms with Crippen molar-refractivity contribution in [3.63, 3.8) is 0 Å². The summed E-state index contributed by atoms with van der Waals surface area (Å²) in [5.41, 5.74) is 2.61. The minimum Gasteiger partial charge on any atom is -0.343 e. The molecule has 0 aliphatic rings. The molecule has 0 saturated heterocycles. The lowest BCUT2D eigenvalue weighted by molar-refractivity contribution is 0.0921. The number of carbonyl (C=O) groups excluding carboxylic acids is 1. The molecule has 1 unspecified atom stereocenters. The van der Waals surface area contributed by atoms with Crippen LogP contribution < -0.4 is 16.6 Å². The average molecular weight is 291 g/mol. The van der Waals surface area contributed by atoms with Gasteiger partial charge in [0.25, 0.3) is 5.91 Å². The Hall–Kier alpha value is -1.99. The molecule has 20 heavy (non-hydrogen) atoms. The van der Waals surface area contributed by atoms with E-state index >= 15 is 0 Å². The fourth-order valence-corrected chi connectivity index (χ4v) is 2.74.